The fourth-order valence-electron chi connectivity index (χ4n) is 2.28. The lowest BCUT2D eigenvalue weighted by atomic mass is 9.96. The van der Waals surface area contributed by atoms with Crippen LogP contribution in [0.5, 0.6) is 0 Å². The normalized spacial score (nSPS) is 13.7. The molecule has 0 saturated heterocycles. The summed E-state index contributed by atoms with van der Waals surface area (Å²) in [7, 11) is 0. The SMILES string of the molecule is O=C1Cc2ccc(Cl)cc2C(c2ccc([N+](=O)[O-])cc2)=NN1. The summed E-state index contributed by atoms with van der Waals surface area (Å²) < 4.78 is 0. The van der Waals surface area contributed by atoms with Crippen LogP contribution in [0.2, 0.25) is 5.02 Å². The third-order valence-corrected chi connectivity index (χ3v) is 3.56. The lowest BCUT2D eigenvalue weighted by Crippen LogP contribution is -2.18. The fourth-order valence-corrected chi connectivity index (χ4v) is 2.45. The Kier molecular flexibility index (Phi) is 3.60. The zero-order valence-electron chi connectivity index (χ0n) is 11.2. The van der Waals surface area contributed by atoms with Gasteiger partial charge in [0.05, 0.1) is 17.1 Å². The van der Waals surface area contributed by atoms with E-state index in [9.17, 15) is 14.9 Å². The van der Waals surface area contributed by atoms with Gasteiger partial charge in [0.25, 0.3) is 5.69 Å². The van der Waals surface area contributed by atoms with Crippen LogP contribution in [0.3, 0.4) is 0 Å². The van der Waals surface area contributed by atoms with E-state index in [1.54, 1.807) is 30.3 Å². The van der Waals surface area contributed by atoms with E-state index in [0.717, 1.165) is 11.1 Å². The van der Waals surface area contributed by atoms with Gasteiger partial charge in [0, 0.05) is 28.3 Å². The molecule has 110 valence electrons. The Balaban J connectivity index is 2.11. The third-order valence-electron chi connectivity index (χ3n) is 3.32. The Morgan fingerprint density at radius 1 is 1.18 bits per heavy atom. The number of benzene rings is 2. The van der Waals surface area contributed by atoms with Crippen LogP contribution in [0.25, 0.3) is 0 Å². The molecule has 0 bridgehead atoms. The van der Waals surface area contributed by atoms with Gasteiger partial charge in [-0.3, -0.25) is 14.9 Å². The number of hydrogen-bond donors (Lipinski definition) is 1. The maximum Gasteiger partial charge on any atom is 0.269 e. The van der Waals surface area contributed by atoms with Gasteiger partial charge in [-0.15, -0.1) is 0 Å². The third kappa shape index (κ3) is 2.68. The molecule has 1 amide bonds. The number of hydrogen-bond acceptors (Lipinski definition) is 4. The first-order valence-corrected chi connectivity index (χ1v) is 6.82. The highest BCUT2D eigenvalue weighted by Gasteiger charge is 2.19. The molecule has 0 spiro atoms. The van der Waals surface area contributed by atoms with Gasteiger partial charge in [-0.1, -0.05) is 17.7 Å². The number of carbonyl (C=O) groups is 1. The molecule has 2 aromatic carbocycles. The minimum atomic E-state index is -0.467. The molecule has 22 heavy (non-hydrogen) atoms. The summed E-state index contributed by atoms with van der Waals surface area (Å²) in [5.41, 5.74) is 5.19. The Labute approximate surface area is 130 Å². The summed E-state index contributed by atoms with van der Waals surface area (Å²) in [6, 6.07) is 11.2. The molecule has 0 saturated carbocycles. The van der Waals surface area contributed by atoms with Crippen molar-refractivity contribution in [1.82, 2.24) is 5.43 Å². The fraction of sp³-hybridized carbons (Fsp3) is 0.0667. The second-order valence-corrected chi connectivity index (χ2v) is 5.21. The van der Waals surface area contributed by atoms with Crippen LogP contribution >= 0.6 is 11.6 Å². The molecule has 7 heteroatoms. The molecule has 1 aliphatic rings. The van der Waals surface area contributed by atoms with E-state index in [2.05, 4.69) is 10.5 Å². The summed E-state index contributed by atoms with van der Waals surface area (Å²) >= 11 is 6.04. The molecular formula is C15H10ClN3O3. The maximum absolute atomic E-state index is 11.7. The van der Waals surface area contributed by atoms with Crippen LogP contribution in [0.4, 0.5) is 5.69 Å². The van der Waals surface area contributed by atoms with Crippen LogP contribution in [-0.2, 0) is 11.2 Å². The Morgan fingerprint density at radius 3 is 2.59 bits per heavy atom. The van der Waals surface area contributed by atoms with Gasteiger partial charge in [0.15, 0.2) is 0 Å². The van der Waals surface area contributed by atoms with Crippen molar-refractivity contribution in [3.63, 3.8) is 0 Å². The van der Waals surface area contributed by atoms with Gasteiger partial charge in [-0.25, -0.2) is 5.43 Å². The lowest BCUT2D eigenvalue weighted by Gasteiger charge is -2.09. The van der Waals surface area contributed by atoms with E-state index in [0.29, 0.717) is 16.3 Å². The van der Waals surface area contributed by atoms with E-state index >= 15 is 0 Å². The molecule has 1 N–H and O–H groups in total. The summed E-state index contributed by atoms with van der Waals surface area (Å²) in [5, 5.41) is 15.4. The van der Waals surface area contributed by atoms with Crippen LogP contribution in [0, 0.1) is 10.1 Å². The van der Waals surface area contributed by atoms with E-state index in [1.807, 2.05) is 0 Å². The van der Waals surface area contributed by atoms with Gasteiger partial charge < -0.3 is 0 Å². The Hall–Kier alpha value is -2.73. The minimum absolute atomic E-state index is 0.00618. The molecule has 0 aromatic heterocycles. The second kappa shape index (κ2) is 5.57. The number of rotatable bonds is 2. The maximum atomic E-state index is 11.7. The number of non-ortho nitro benzene ring substituents is 1. The summed E-state index contributed by atoms with van der Waals surface area (Å²) in [4.78, 5) is 22.0. The zero-order chi connectivity index (χ0) is 15.7. The van der Waals surface area contributed by atoms with Crippen LogP contribution in [-0.4, -0.2) is 16.5 Å². The number of hydrazone groups is 1. The highest BCUT2D eigenvalue weighted by molar-refractivity contribution is 6.31. The van der Waals surface area contributed by atoms with Crippen molar-refractivity contribution in [3.8, 4) is 0 Å². The first kappa shape index (κ1) is 14.2. The van der Waals surface area contributed by atoms with Crippen molar-refractivity contribution in [2.75, 3.05) is 0 Å². The minimum Gasteiger partial charge on any atom is -0.273 e. The molecule has 0 fully saturated rings. The average Bonchev–Trinajstić information content (AvgIpc) is 2.66. The molecule has 0 aliphatic carbocycles. The van der Waals surface area contributed by atoms with Gasteiger partial charge in [0.1, 0.15) is 0 Å². The number of nitro groups is 1. The topological polar surface area (TPSA) is 84.6 Å². The van der Waals surface area contributed by atoms with Crippen molar-refractivity contribution < 1.29 is 9.72 Å². The van der Waals surface area contributed by atoms with Crippen LogP contribution in [0.1, 0.15) is 16.7 Å². The lowest BCUT2D eigenvalue weighted by molar-refractivity contribution is -0.384. The average molecular weight is 316 g/mol. The first-order valence-electron chi connectivity index (χ1n) is 6.45. The first-order chi connectivity index (χ1) is 10.5. The number of nitrogens with one attached hydrogen (secondary N) is 1. The van der Waals surface area contributed by atoms with E-state index in [4.69, 9.17) is 11.6 Å². The number of halogens is 1. The zero-order valence-corrected chi connectivity index (χ0v) is 12.0. The highest BCUT2D eigenvalue weighted by Crippen LogP contribution is 2.23. The predicted molar refractivity (Wildman–Crippen MR) is 82.0 cm³/mol. The Morgan fingerprint density at radius 2 is 1.91 bits per heavy atom. The van der Waals surface area contributed by atoms with E-state index < -0.39 is 4.92 Å². The standard InChI is InChI=1S/C15H10ClN3O3/c16-11-4-1-10-7-14(20)17-18-15(13(10)8-11)9-2-5-12(6-3-9)19(21)22/h1-6,8H,7H2,(H,17,20). The van der Waals surface area contributed by atoms with Crippen molar-refractivity contribution in [2.45, 2.75) is 6.42 Å². The molecular weight excluding hydrogens is 306 g/mol. The summed E-state index contributed by atoms with van der Waals surface area (Å²) in [6.45, 7) is 0. The number of nitro benzene ring substituents is 1. The molecule has 2 aromatic rings. The predicted octanol–water partition coefficient (Wildman–Crippen LogP) is 2.67. The van der Waals surface area contributed by atoms with Crippen LogP contribution in [0.15, 0.2) is 47.6 Å². The van der Waals surface area contributed by atoms with Gasteiger partial charge in [-0.05, 0) is 29.8 Å². The largest absolute Gasteiger partial charge is 0.273 e. The number of carbonyl (C=O) groups excluding carboxylic acids is 1. The quantitative estimate of drug-likeness (QED) is 0.683. The molecule has 0 unspecified atom stereocenters. The Bertz CT molecular complexity index is 800. The number of amides is 1. The van der Waals surface area contributed by atoms with Crippen molar-refractivity contribution in [2.24, 2.45) is 5.10 Å². The number of nitrogens with zero attached hydrogens (tertiary/aromatic N) is 2. The van der Waals surface area contributed by atoms with E-state index in [1.165, 1.54) is 12.1 Å². The summed E-state index contributed by atoms with van der Waals surface area (Å²) in [6.07, 6.45) is 0.201. The molecule has 6 nitrogen and oxygen atoms in total. The molecule has 0 atom stereocenters. The highest BCUT2D eigenvalue weighted by atomic mass is 35.5. The van der Waals surface area contributed by atoms with Gasteiger partial charge in [0.2, 0.25) is 5.91 Å². The van der Waals surface area contributed by atoms with Crippen molar-refractivity contribution in [3.05, 3.63) is 74.3 Å². The van der Waals surface area contributed by atoms with Crippen molar-refractivity contribution in [1.29, 1.82) is 0 Å². The smallest absolute Gasteiger partial charge is 0.269 e. The molecule has 1 aliphatic heterocycles. The van der Waals surface area contributed by atoms with E-state index in [-0.39, 0.29) is 18.0 Å². The summed E-state index contributed by atoms with van der Waals surface area (Å²) in [5.74, 6) is -0.222. The molecule has 3 rings (SSSR count). The molecule has 0 radical (unpaired) electrons. The monoisotopic (exact) mass is 315 g/mol. The second-order valence-electron chi connectivity index (χ2n) is 4.78. The van der Waals surface area contributed by atoms with Crippen LogP contribution < -0.4 is 5.43 Å². The van der Waals surface area contributed by atoms with Gasteiger partial charge in [-0.2, -0.15) is 5.10 Å². The van der Waals surface area contributed by atoms with Crippen molar-refractivity contribution >= 4 is 28.9 Å². The molecule has 1 heterocycles. The number of fused-ring (bicyclic) bond motifs is 1. The van der Waals surface area contributed by atoms with Gasteiger partial charge >= 0.3 is 0 Å².